The summed E-state index contributed by atoms with van der Waals surface area (Å²) < 4.78 is 7.22. The molecule has 2 aromatic heterocycles. The highest BCUT2D eigenvalue weighted by Gasteiger charge is 2.34. The van der Waals surface area contributed by atoms with E-state index in [0.717, 1.165) is 41.8 Å². The molecule has 0 aliphatic heterocycles. The zero-order valence-electron chi connectivity index (χ0n) is 16.0. The summed E-state index contributed by atoms with van der Waals surface area (Å²) in [5, 5.41) is 11.5. The second-order valence-electron chi connectivity index (χ2n) is 8.28. The smallest absolute Gasteiger partial charge is 0.274 e. The van der Waals surface area contributed by atoms with E-state index in [4.69, 9.17) is 4.52 Å². The number of amides is 1. The number of aryl methyl sites for hydroxylation is 3. The van der Waals surface area contributed by atoms with Crippen molar-refractivity contribution in [3.05, 3.63) is 34.5 Å². The van der Waals surface area contributed by atoms with Gasteiger partial charge < -0.3 is 9.84 Å². The highest BCUT2D eigenvalue weighted by Crippen LogP contribution is 2.38. The van der Waals surface area contributed by atoms with E-state index in [9.17, 15) is 4.79 Å². The molecule has 2 heterocycles. The fraction of sp³-hybridized carbons (Fsp3) is 0.632. The summed E-state index contributed by atoms with van der Waals surface area (Å²) in [6.07, 6.45) is 4.73. The van der Waals surface area contributed by atoms with Crippen LogP contribution in [0.1, 0.15) is 73.2 Å². The molecule has 1 amide bonds. The monoisotopic (exact) mass is 344 g/mol. The summed E-state index contributed by atoms with van der Waals surface area (Å²) in [6, 6.07) is -0.129. The molecule has 0 saturated carbocycles. The van der Waals surface area contributed by atoms with E-state index >= 15 is 0 Å². The Hall–Kier alpha value is -2.11. The zero-order valence-corrected chi connectivity index (χ0v) is 16.0. The Morgan fingerprint density at radius 1 is 1.44 bits per heavy atom. The molecule has 0 unspecified atom stereocenters. The molecule has 0 aromatic carbocycles. The average Bonchev–Trinajstić information content (AvgIpc) is 3.08. The molecule has 0 saturated heterocycles. The number of nitrogens with zero attached hydrogens (tertiary/aromatic N) is 3. The van der Waals surface area contributed by atoms with Crippen molar-refractivity contribution in [1.82, 2.24) is 20.3 Å². The van der Waals surface area contributed by atoms with Crippen molar-refractivity contribution in [3.63, 3.8) is 0 Å². The van der Waals surface area contributed by atoms with Crippen molar-refractivity contribution in [2.24, 2.45) is 18.4 Å². The minimum atomic E-state index is -0.171. The SMILES string of the molecule is Cc1nn(C)cc1[C@@H](C)NC(=O)c1noc2c1C[C@@H](C(C)(C)C)CC2. The Balaban J connectivity index is 1.78. The molecular weight excluding hydrogens is 316 g/mol. The maximum atomic E-state index is 12.8. The third kappa shape index (κ3) is 3.48. The molecule has 136 valence electrons. The quantitative estimate of drug-likeness (QED) is 0.926. The Bertz CT molecular complexity index is 782. The van der Waals surface area contributed by atoms with Crippen molar-refractivity contribution in [2.45, 2.75) is 59.9 Å². The summed E-state index contributed by atoms with van der Waals surface area (Å²) >= 11 is 0. The summed E-state index contributed by atoms with van der Waals surface area (Å²) in [5.74, 6) is 1.23. The van der Waals surface area contributed by atoms with Gasteiger partial charge in [-0.3, -0.25) is 9.48 Å². The molecule has 0 radical (unpaired) electrons. The summed E-state index contributed by atoms with van der Waals surface area (Å²) in [7, 11) is 1.88. The minimum absolute atomic E-state index is 0.129. The molecule has 2 atom stereocenters. The highest BCUT2D eigenvalue weighted by atomic mass is 16.5. The molecule has 25 heavy (non-hydrogen) atoms. The van der Waals surface area contributed by atoms with E-state index in [0.29, 0.717) is 11.6 Å². The van der Waals surface area contributed by atoms with E-state index < -0.39 is 0 Å². The number of rotatable bonds is 3. The van der Waals surface area contributed by atoms with Gasteiger partial charge in [0.2, 0.25) is 0 Å². The number of aromatic nitrogens is 3. The van der Waals surface area contributed by atoms with E-state index in [1.165, 1.54) is 0 Å². The van der Waals surface area contributed by atoms with Gasteiger partial charge in [-0.05, 0) is 38.0 Å². The Morgan fingerprint density at radius 2 is 2.16 bits per heavy atom. The Kier molecular flexibility index (Phi) is 4.47. The minimum Gasteiger partial charge on any atom is -0.360 e. The largest absolute Gasteiger partial charge is 0.360 e. The van der Waals surface area contributed by atoms with Crippen LogP contribution in [0.15, 0.2) is 10.7 Å². The summed E-state index contributed by atoms with van der Waals surface area (Å²) in [4.78, 5) is 12.8. The van der Waals surface area contributed by atoms with Gasteiger partial charge in [0, 0.05) is 30.8 Å². The fourth-order valence-electron chi connectivity index (χ4n) is 3.71. The molecule has 6 heteroatoms. The molecule has 6 nitrogen and oxygen atoms in total. The van der Waals surface area contributed by atoms with Crippen LogP contribution in [0, 0.1) is 18.3 Å². The molecule has 1 aliphatic rings. The maximum Gasteiger partial charge on any atom is 0.274 e. The molecule has 2 aromatic rings. The lowest BCUT2D eigenvalue weighted by Gasteiger charge is -2.33. The van der Waals surface area contributed by atoms with Crippen LogP contribution in [0.5, 0.6) is 0 Å². The van der Waals surface area contributed by atoms with Crippen molar-refractivity contribution >= 4 is 5.91 Å². The van der Waals surface area contributed by atoms with Crippen molar-refractivity contribution in [2.75, 3.05) is 0 Å². The van der Waals surface area contributed by atoms with Gasteiger partial charge in [-0.2, -0.15) is 5.10 Å². The maximum absolute atomic E-state index is 12.8. The molecular formula is C19H28N4O2. The van der Waals surface area contributed by atoms with Crippen LogP contribution < -0.4 is 5.32 Å². The predicted molar refractivity (Wildman–Crippen MR) is 95.3 cm³/mol. The first-order valence-corrected chi connectivity index (χ1v) is 8.95. The van der Waals surface area contributed by atoms with Crippen LogP contribution >= 0.6 is 0 Å². The molecule has 0 fully saturated rings. The molecule has 0 bridgehead atoms. The Labute approximate surface area is 149 Å². The van der Waals surface area contributed by atoms with E-state index in [1.54, 1.807) is 4.68 Å². The van der Waals surface area contributed by atoms with Gasteiger partial charge in [-0.1, -0.05) is 25.9 Å². The number of carbonyl (C=O) groups excluding carboxylic acids is 1. The lowest BCUT2D eigenvalue weighted by molar-refractivity contribution is 0.0929. The standard InChI is InChI=1S/C19H28N4O2/c1-11(15-10-23(6)21-12(15)2)20-18(24)17-14-9-13(19(3,4)5)7-8-16(14)25-22-17/h10-11,13H,7-9H2,1-6H3,(H,20,24)/t11-,13+/m1/s1. The normalized spacial score (nSPS) is 18.7. The van der Waals surface area contributed by atoms with Gasteiger partial charge >= 0.3 is 0 Å². The number of carbonyl (C=O) groups is 1. The van der Waals surface area contributed by atoms with Crippen LogP contribution in [-0.2, 0) is 19.9 Å². The lowest BCUT2D eigenvalue weighted by Crippen LogP contribution is -2.30. The highest BCUT2D eigenvalue weighted by molar-refractivity contribution is 5.94. The van der Waals surface area contributed by atoms with Gasteiger partial charge in [-0.25, -0.2) is 0 Å². The number of hydrogen-bond acceptors (Lipinski definition) is 4. The lowest BCUT2D eigenvalue weighted by atomic mass is 9.71. The summed E-state index contributed by atoms with van der Waals surface area (Å²) in [6.45, 7) is 10.7. The summed E-state index contributed by atoms with van der Waals surface area (Å²) in [5.41, 5.74) is 3.57. The van der Waals surface area contributed by atoms with E-state index in [1.807, 2.05) is 27.1 Å². The first-order valence-electron chi connectivity index (χ1n) is 8.95. The van der Waals surface area contributed by atoms with Gasteiger partial charge in [-0.15, -0.1) is 0 Å². The molecule has 1 aliphatic carbocycles. The third-order valence-corrected chi connectivity index (χ3v) is 5.35. The van der Waals surface area contributed by atoms with Crippen LogP contribution in [0.2, 0.25) is 0 Å². The van der Waals surface area contributed by atoms with Gasteiger partial charge in [0.05, 0.1) is 11.7 Å². The van der Waals surface area contributed by atoms with Crippen molar-refractivity contribution in [1.29, 1.82) is 0 Å². The van der Waals surface area contributed by atoms with E-state index in [2.05, 4.69) is 36.3 Å². The van der Waals surface area contributed by atoms with Crippen LogP contribution in [0.4, 0.5) is 0 Å². The van der Waals surface area contributed by atoms with Crippen LogP contribution in [0.25, 0.3) is 0 Å². The first kappa shape index (κ1) is 17.7. The average molecular weight is 344 g/mol. The Morgan fingerprint density at radius 3 is 2.76 bits per heavy atom. The topological polar surface area (TPSA) is 73.0 Å². The number of nitrogens with one attached hydrogen (secondary N) is 1. The first-order chi connectivity index (χ1) is 11.7. The van der Waals surface area contributed by atoms with Crippen molar-refractivity contribution < 1.29 is 9.32 Å². The molecule has 1 N–H and O–H groups in total. The van der Waals surface area contributed by atoms with Crippen LogP contribution in [0.3, 0.4) is 0 Å². The third-order valence-electron chi connectivity index (χ3n) is 5.35. The number of hydrogen-bond donors (Lipinski definition) is 1. The molecule has 0 spiro atoms. The van der Waals surface area contributed by atoms with Crippen molar-refractivity contribution in [3.8, 4) is 0 Å². The van der Waals surface area contributed by atoms with Gasteiger partial charge in [0.1, 0.15) is 5.76 Å². The molecule has 3 rings (SSSR count). The fourth-order valence-corrected chi connectivity index (χ4v) is 3.71. The van der Waals surface area contributed by atoms with Gasteiger partial charge in [0.25, 0.3) is 5.91 Å². The zero-order chi connectivity index (χ0) is 18.4. The van der Waals surface area contributed by atoms with Crippen LogP contribution in [-0.4, -0.2) is 20.8 Å². The second-order valence-corrected chi connectivity index (χ2v) is 8.28. The van der Waals surface area contributed by atoms with Gasteiger partial charge in [0.15, 0.2) is 5.69 Å². The number of fused-ring (bicyclic) bond motifs is 1. The predicted octanol–water partition coefficient (Wildman–Crippen LogP) is 3.36. The second kappa shape index (κ2) is 6.32. The van der Waals surface area contributed by atoms with E-state index in [-0.39, 0.29) is 17.4 Å².